The highest BCUT2D eigenvalue weighted by Gasteiger charge is 2.20. The summed E-state index contributed by atoms with van der Waals surface area (Å²) in [5, 5.41) is 3.89. The van der Waals surface area contributed by atoms with Crippen LogP contribution < -0.4 is 0 Å². The molecule has 0 bridgehead atoms. The van der Waals surface area contributed by atoms with Crippen molar-refractivity contribution in [2.75, 3.05) is 7.11 Å². The van der Waals surface area contributed by atoms with Crippen LogP contribution in [0, 0.1) is 0 Å². The van der Waals surface area contributed by atoms with Crippen molar-refractivity contribution in [3.63, 3.8) is 0 Å². The van der Waals surface area contributed by atoms with Gasteiger partial charge in [0.2, 0.25) is 0 Å². The summed E-state index contributed by atoms with van der Waals surface area (Å²) in [4.78, 5) is 26.3. The first-order valence-electron chi connectivity index (χ1n) is 6.97. The molecule has 0 N–H and O–H groups in total. The van der Waals surface area contributed by atoms with E-state index in [1.807, 2.05) is 35.0 Å². The highest BCUT2D eigenvalue weighted by Crippen LogP contribution is 2.36. The van der Waals surface area contributed by atoms with Crippen molar-refractivity contribution in [2.24, 2.45) is 0 Å². The summed E-state index contributed by atoms with van der Waals surface area (Å²) in [6.45, 7) is 1.54. The Labute approximate surface area is 142 Å². The number of ether oxygens (including phenoxy) is 1. The van der Waals surface area contributed by atoms with Gasteiger partial charge in [-0.05, 0) is 41.9 Å². The van der Waals surface area contributed by atoms with Crippen molar-refractivity contribution in [3.05, 3.63) is 58.3 Å². The molecule has 2 aromatic heterocycles. The first-order chi connectivity index (χ1) is 11.1. The maximum atomic E-state index is 12.2. The summed E-state index contributed by atoms with van der Waals surface area (Å²) in [5.74, 6) is -0.427. The third-order valence-corrected chi connectivity index (χ3v) is 5.32. The Morgan fingerprint density at radius 2 is 1.43 bits per heavy atom. The van der Waals surface area contributed by atoms with Crippen LogP contribution in [0.4, 0.5) is 0 Å². The average molecular weight is 342 g/mol. The molecule has 0 aliphatic carbocycles. The number of esters is 1. The van der Waals surface area contributed by atoms with E-state index in [1.165, 1.54) is 29.8 Å². The minimum absolute atomic E-state index is 0.0254. The normalized spacial score (nSPS) is 10.5. The fourth-order valence-corrected chi connectivity index (χ4v) is 3.95. The maximum Gasteiger partial charge on any atom is 0.338 e. The molecule has 3 rings (SSSR count). The second-order valence-corrected chi connectivity index (χ2v) is 6.84. The van der Waals surface area contributed by atoms with Gasteiger partial charge in [0, 0.05) is 26.4 Å². The molecule has 0 amide bonds. The van der Waals surface area contributed by atoms with Crippen LogP contribution in [0.25, 0.3) is 20.9 Å². The van der Waals surface area contributed by atoms with Gasteiger partial charge in [0.1, 0.15) is 0 Å². The molecule has 0 radical (unpaired) electrons. The minimum atomic E-state index is -0.402. The lowest BCUT2D eigenvalue weighted by molar-refractivity contribution is 0.0601. The van der Waals surface area contributed by atoms with Gasteiger partial charge in [-0.3, -0.25) is 4.79 Å². The number of carbonyl (C=O) groups excluding carboxylic acids is 2. The number of hydrogen-bond donors (Lipinski definition) is 0. The van der Waals surface area contributed by atoms with E-state index < -0.39 is 5.97 Å². The lowest BCUT2D eigenvalue weighted by Crippen LogP contribution is -2.06. The molecule has 0 fully saturated rings. The number of Topliss-reactive ketones (excluding diaryl/α,β-unsaturated/α-hetero) is 1. The molecule has 0 unspecified atom stereocenters. The van der Waals surface area contributed by atoms with E-state index in [0.29, 0.717) is 11.1 Å². The summed E-state index contributed by atoms with van der Waals surface area (Å²) in [5.41, 5.74) is 2.59. The quantitative estimate of drug-likeness (QED) is 0.487. The second kappa shape index (κ2) is 6.48. The fraction of sp³-hybridized carbons (Fsp3) is 0.111. The van der Waals surface area contributed by atoms with Crippen molar-refractivity contribution in [1.29, 1.82) is 0 Å². The van der Waals surface area contributed by atoms with E-state index in [2.05, 4.69) is 0 Å². The largest absolute Gasteiger partial charge is 0.465 e. The Balaban J connectivity index is 2.31. The smallest absolute Gasteiger partial charge is 0.338 e. The molecule has 3 nitrogen and oxygen atoms in total. The standard InChI is InChI=1S/C18H14O3S2/c1-11(19)12-9-14(17-6-4-8-23-17)15(18(20)21-2)10-13(12)16-5-3-7-22-16/h3-10H,1-2H3. The Kier molecular flexibility index (Phi) is 4.41. The Hall–Kier alpha value is -2.24. The summed E-state index contributed by atoms with van der Waals surface area (Å²) in [6, 6.07) is 11.3. The monoisotopic (exact) mass is 342 g/mol. The highest BCUT2D eigenvalue weighted by molar-refractivity contribution is 7.14. The van der Waals surface area contributed by atoms with Crippen molar-refractivity contribution in [2.45, 2.75) is 6.92 Å². The molecule has 2 heterocycles. The Bertz CT molecular complexity index is 847. The minimum Gasteiger partial charge on any atom is -0.465 e. The predicted octanol–water partition coefficient (Wildman–Crippen LogP) is 5.13. The summed E-state index contributed by atoms with van der Waals surface area (Å²) < 4.78 is 4.93. The van der Waals surface area contributed by atoms with E-state index in [1.54, 1.807) is 19.1 Å². The number of rotatable bonds is 4. The molecule has 1 aromatic carbocycles. The first-order valence-corrected chi connectivity index (χ1v) is 8.72. The zero-order chi connectivity index (χ0) is 16.4. The van der Waals surface area contributed by atoms with E-state index in [0.717, 1.165) is 20.9 Å². The lowest BCUT2D eigenvalue weighted by Gasteiger charge is -2.12. The van der Waals surface area contributed by atoms with Gasteiger partial charge in [-0.1, -0.05) is 12.1 Å². The van der Waals surface area contributed by atoms with Gasteiger partial charge >= 0.3 is 5.97 Å². The molecule has 0 spiro atoms. The first kappa shape index (κ1) is 15.6. The van der Waals surface area contributed by atoms with Crippen molar-refractivity contribution >= 4 is 34.4 Å². The molecule has 3 aromatic rings. The SMILES string of the molecule is COC(=O)c1cc(-c2cccs2)c(C(C)=O)cc1-c1cccs1. The molecule has 0 saturated carbocycles. The van der Waals surface area contributed by atoms with Gasteiger partial charge in [0.25, 0.3) is 0 Å². The fourth-order valence-electron chi connectivity index (χ4n) is 2.44. The number of methoxy groups -OCH3 is 1. The van der Waals surface area contributed by atoms with E-state index in [4.69, 9.17) is 4.74 Å². The number of thiophene rings is 2. The van der Waals surface area contributed by atoms with Crippen LogP contribution in [0.2, 0.25) is 0 Å². The van der Waals surface area contributed by atoms with Crippen molar-refractivity contribution in [1.82, 2.24) is 0 Å². The third-order valence-electron chi connectivity index (χ3n) is 3.52. The summed E-state index contributed by atoms with van der Waals surface area (Å²) in [6.07, 6.45) is 0. The second-order valence-electron chi connectivity index (χ2n) is 4.95. The number of carbonyl (C=O) groups is 2. The zero-order valence-corrected chi connectivity index (χ0v) is 14.3. The molecule has 116 valence electrons. The molecular weight excluding hydrogens is 328 g/mol. The molecule has 5 heteroatoms. The van der Waals surface area contributed by atoms with Gasteiger partial charge in [-0.25, -0.2) is 4.79 Å². The van der Waals surface area contributed by atoms with Crippen LogP contribution in [0.1, 0.15) is 27.6 Å². The molecule has 23 heavy (non-hydrogen) atoms. The van der Waals surface area contributed by atoms with Gasteiger partial charge in [0.05, 0.1) is 12.7 Å². The van der Waals surface area contributed by atoms with Crippen LogP contribution in [-0.2, 0) is 4.74 Å². The van der Waals surface area contributed by atoms with Crippen LogP contribution in [0.3, 0.4) is 0 Å². The average Bonchev–Trinajstić information content (AvgIpc) is 3.25. The number of hydrogen-bond acceptors (Lipinski definition) is 5. The Morgan fingerprint density at radius 3 is 1.87 bits per heavy atom. The van der Waals surface area contributed by atoms with Gasteiger partial charge in [-0.15, -0.1) is 22.7 Å². The van der Waals surface area contributed by atoms with Crippen molar-refractivity contribution < 1.29 is 14.3 Å². The van der Waals surface area contributed by atoms with Gasteiger partial charge in [0.15, 0.2) is 5.78 Å². The van der Waals surface area contributed by atoms with Gasteiger partial charge < -0.3 is 4.74 Å². The molecule has 0 saturated heterocycles. The van der Waals surface area contributed by atoms with E-state index in [-0.39, 0.29) is 5.78 Å². The van der Waals surface area contributed by atoms with Crippen LogP contribution >= 0.6 is 22.7 Å². The summed E-state index contributed by atoms with van der Waals surface area (Å²) >= 11 is 3.06. The van der Waals surface area contributed by atoms with Gasteiger partial charge in [-0.2, -0.15) is 0 Å². The van der Waals surface area contributed by atoms with Crippen molar-refractivity contribution in [3.8, 4) is 20.9 Å². The molecule has 0 aliphatic heterocycles. The topological polar surface area (TPSA) is 43.4 Å². The van der Waals surface area contributed by atoms with E-state index in [9.17, 15) is 9.59 Å². The highest BCUT2D eigenvalue weighted by atomic mass is 32.1. The number of ketones is 1. The zero-order valence-electron chi connectivity index (χ0n) is 12.7. The summed E-state index contributed by atoms with van der Waals surface area (Å²) in [7, 11) is 1.37. The van der Waals surface area contributed by atoms with E-state index >= 15 is 0 Å². The molecular formula is C18H14O3S2. The molecule has 0 atom stereocenters. The number of benzene rings is 1. The maximum absolute atomic E-state index is 12.2. The van der Waals surface area contributed by atoms with Crippen LogP contribution in [-0.4, -0.2) is 18.9 Å². The Morgan fingerprint density at radius 1 is 0.913 bits per heavy atom. The predicted molar refractivity (Wildman–Crippen MR) is 94.4 cm³/mol. The van der Waals surface area contributed by atoms with Crippen LogP contribution in [0.5, 0.6) is 0 Å². The molecule has 0 aliphatic rings. The van der Waals surface area contributed by atoms with Crippen LogP contribution in [0.15, 0.2) is 47.2 Å². The third kappa shape index (κ3) is 2.98. The lowest BCUT2D eigenvalue weighted by atomic mass is 9.94.